The van der Waals surface area contributed by atoms with E-state index in [9.17, 15) is 4.79 Å². The number of amides is 1. The molecular formula is C15H24N2O2. The summed E-state index contributed by atoms with van der Waals surface area (Å²) < 4.78 is 5.16. The highest BCUT2D eigenvalue weighted by Crippen LogP contribution is 2.11. The Morgan fingerprint density at radius 2 is 2.16 bits per heavy atom. The Labute approximate surface area is 115 Å². The number of hydrogen-bond acceptors (Lipinski definition) is 3. The van der Waals surface area contributed by atoms with Gasteiger partial charge in [0.2, 0.25) is 5.91 Å². The molecule has 0 bridgehead atoms. The Morgan fingerprint density at radius 1 is 1.32 bits per heavy atom. The quantitative estimate of drug-likeness (QED) is 0.674. The smallest absolute Gasteiger partial charge is 0.226 e. The molecule has 106 valence electrons. The second-order valence-electron chi connectivity index (χ2n) is 4.37. The Morgan fingerprint density at radius 3 is 2.89 bits per heavy atom. The van der Waals surface area contributed by atoms with E-state index in [1.165, 1.54) is 5.56 Å². The molecule has 0 fully saturated rings. The molecule has 0 saturated carbocycles. The number of ether oxygens (including phenoxy) is 1. The normalized spacial score (nSPS) is 10.4. The molecule has 1 aromatic carbocycles. The number of benzene rings is 1. The minimum absolute atomic E-state index is 0.00730. The lowest BCUT2D eigenvalue weighted by Gasteiger charge is -2.08. The van der Waals surface area contributed by atoms with Crippen molar-refractivity contribution >= 4 is 11.6 Å². The van der Waals surface area contributed by atoms with Crippen LogP contribution in [-0.2, 0) is 16.1 Å². The number of carbonyl (C=O) groups is 1. The largest absolute Gasteiger partial charge is 0.381 e. The summed E-state index contributed by atoms with van der Waals surface area (Å²) in [4.78, 5) is 11.7. The van der Waals surface area contributed by atoms with Crippen molar-refractivity contribution in [2.75, 3.05) is 25.1 Å². The fraction of sp³-hybridized carbons (Fsp3) is 0.533. The molecule has 0 aliphatic rings. The number of nitrogens with one attached hydrogen (secondary N) is 2. The first-order valence-electron chi connectivity index (χ1n) is 6.93. The number of hydrogen-bond donors (Lipinski definition) is 2. The predicted octanol–water partition coefficient (Wildman–Crippen LogP) is 2.55. The van der Waals surface area contributed by atoms with Gasteiger partial charge >= 0.3 is 0 Å². The van der Waals surface area contributed by atoms with Crippen molar-refractivity contribution < 1.29 is 9.53 Å². The Kier molecular flexibility index (Phi) is 7.86. The lowest BCUT2D eigenvalue weighted by molar-refractivity contribution is -0.117. The van der Waals surface area contributed by atoms with E-state index in [2.05, 4.69) is 23.6 Å². The standard InChI is InChI=1S/C15H24N2O2/c1-3-9-16-12-13-6-5-7-14(11-13)17-15(18)8-10-19-4-2/h5-7,11,16H,3-4,8-10,12H2,1-2H3,(H,17,18). The molecule has 1 rings (SSSR count). The topological polar surface area (TPSA) is 50.4 Å². The highest BCUT2D eigenvalue weighted by molar-refractivity contribution is 5.90. The summed E-state index contributed by atoms with van der Waals surface area (Å²) >= 11 is 0. The van der Waals surface area contributed by atoms with Crippen LogP contribution < -0.4 is 10.6 Å². The molecule has 0 aliphatic heterocycles. The van der Waals surface area contributed by atoms with Crippen LogP contribution in [0, 0.1) is 0 Å². The van der Waals surface area contributed by atoms with Crippen LogP contribution >= 0.6 is 0 Å². The van der Waals surface area contributed by atoms with Crippen LogP contribution in [0.15, 0.2) is 24.3 Å². The molecule has 0 heterocycles. The van der Waals surface area contributed by atoms with E-state index < -0.39 is 0 Å². The molecular weight excluding hydrogens is 240 g/mol. The van der Waals surface area contributed by atoms with Crippen LogP contribution in [0.5, 0.6) is 0 Å². The van der Waals surface area contributed by atoms with Crippen LogP contribution in [-0.4, -0.2) is 25.7 Å². The second kappa shape index (κ2) is 9.53. The maximum Gasteiger partial charge on any atom is 0.226 e. The summed E-state index contributed by atoms with van der Waals surface area (Å²) in [6, 6.07) is 7.92. The van der Waals surface area contributed by atoms with E-state index in [0.717, 1.165) is 25.2 Å². The highest BCUT2D eigenvalue weighted by atomic mass is 16.5. The zero-order chi connectivity index (χ0) is 13.9. The molecule has 4 heteroatoms. The number of anilines is 1. The summed E-state index contributed by atoms with van der Waals surface area (Å²) in [5.41, 5.74) is 2.02. The summed E-state index contributed by atoms with van der Waals surface area (Å²) in [6.45, 7) is 7.01. The van der Waals surface area contributed by atoms with Gasteiger partial charge in [-0.15, -0.1) is 0 Å². The highest BCUT2D eigenvalue weighted by Gasteiger charge is 2.02. The minimum Gasteiger partial charge on any atom is -0.381 e. The average Bonchev–Trinajstić information content (AvgIpc) is 2.40. The zero-order valence-corrected chi connectivity index (χ0v) is 11.9. The van der Waals surface area contributed by atoms with Crippen molar-refractivity contribution in [1.82, 2.24) is 5.32 Å². The van der Waals surface area contributed by atoms with E-state index in [1.807, 2.05) is 25.1 Å². The third-order valence-corrected chi connectivity index (χ3v) is 2.64. The first-order valence-corrected chi connectivity index (χ1v) is 6.93. The van der Waals surface area contributed by atoms with E-state index in [1.54, 1.807) is 0 Å². The Balaban J connectivity index is 2.40. The summed E-state index contributed by atoms with van der Waals surface area (Å²) in [5.74, 6) is -0.00730. The van der Waals surface area contributed by atoms with Gasteiger partial charge < -0.3 is 15.4 Å². The van der Waals surface area contributed by atoms with Gasteiger partial charge in [-0.2, -0.15) is 0 Å². The third kappa shape index (κ3) is 6.94. The molecule has 0 unspecified atom stereocenters. The van der Waals surface area contributed by atoms with E-state index in [0.29, 0.717) is 19.6 Å². The fourth-order valence-corrected chi connectivity index (χ4v) is 1.70. The van der Waals surface area contributed by atoms with Gasteiger partial charge in [-0.25, -0.2) is 0 Å². The molecule has 0 aliphatic carbocycles. The van der Waals surface area contributed by atoms with Crippen molar-refractivity contribution in [1.29, 1.82) is 0 Å². The summed E-state index contributed by atoms with van der Waals surface area (Å²) in [6.07, 6.45) is 1.51. The number of rotatable bonds is 9. The SMILES string of the molecule is CCCNCc1cccc(NC(=O)CCOCC)c1. The van der Waals surface area contributed by atoms with Crippen molar-refractivity contribution in [3.63, 3.8) is 0 Å². The van der Waals surface area contributed by atoms with Gasteiger partial charge in [-0.3, -0.25) is 4.79 Å². The van der Waals surface area contributed by atoms with Gasteiger partial charge in [0, 0.05) is 18.8 Å². The maximum absolute atomic E-state index is 11.7. The minimum atomic E-state index is -0.00730. The van der Waals surface area contributed by atoms with Crippen LogP contribution in [0.25, 0.3) is 0 Å². The van der Waals surface area contributed by atoms with Crippen molar-refractivity contribution in [3.8, 4) is 0 Å². The van der Waals surface area contributed by atoms with Gasteiger partial charge in [0.15, 0.2) is 0 Å². The van der Waals surface area contributed by atoms with Gasteiger partial charge in [0.05, 0.1) is 13.0 Å². The Bertz CT molecular complexity index is 380. The zero-order valence-electron chi connectivity index (χ0n) is 11.9. The fourth-order valence-electron chi connectivity index (χ4n) is 1.70. The van der Waals surface area contributed by atoms with E-state index >= 15 is 0 Å². The molecule has 2 N–H and O–H groups in total. The maximum atomic E-state index is 11.7. The van der Waals surface area contributed by atoms with Gasteiger partial charge in [-0.1, -0.05) is 19.1 Å². The van der Waals surface area contributed by atoms with Crippen molar-refractivity contribution in [2.45, 2.75) is 33.2 Å². The molecule has 1 amide bonds. The molecule has 4 nitrogen and oxygen atoms in total. The van der Waals surface area contributed by atoms with Gasteiger partial charge in [0.25, 0.3) is 0 Å². The third-order valence-electron chi connectivity index (χ3n) is 2.64. The second-order valence-corrected chi connectivity index (χ2v) is 4.37. The molecule has 19 heavy (non-hydrogen) atoms. The first-order chi connectivity index (χ1) is 9.26. The molecule has 1 aromatic rings. The monoisotopic (exact) mass is 264 g/mol. The molecule has 0 spiro atoms. The van der Waals surface area contributed by atoms with Crippen LogP contribution in [0.1, 0.15) is 32.3 Å². The van der Waals surface area contributed by atoms with Crippen molar-refractivity contribution in [3.05, 3.63) is 29.8 Å². The van der Waals surface area contributed by atoms with E-state index in [-0.39, 0.29) is 5.91 Å². The van der Waals surface area contributed by atoms with Crippen molar-refractivity contribution in [2.24, 2.45) is 0 Å². The summed E-state index contributed by atoms with van der Waals surface area (Å²) in [5, 5.41) is 6.23. The summed E-state index contributed by atoms with van der Waals surface area (Å²) in [7, 11) is 0. The molecule has 0 saturated heterocycles. The average molecular weight is 264 g/mol. The van der Waals surface area contributed by atoms with Crippen LogP contribution in [0.3, 0.4) is 0 Å². The first kappa shape index (κ1) is 15.7. The predicted molar refractivity (Wildman–Crippen MR) is 78.2 cm³/mol. The van der Waals surface area contributed by atoms with Crippen LogP contribution in [0.2, 0.25) is 0 Å². The van der Waals surface area contributed by atoms with E-state index in [4.69, 9.17) is 4.74 Å². The number of carbonyl (C=O) groups excluding carboxylic acids is 1. The van der Waals surface area contributed by atoms with Gasteiger partial charge in [-0.05, 0) is 37.6 Å². The lowest BCUT2D eigenvalue weighted by Crippen LogP contribution is -2.16. The Hall–Kier alpha value is -1.39. The molecule has 0 radical (unpaired) electrons. The van der Waals surface area contributed by atoms with Gasteiger partial charge in [0.1, 0.15) is 0 Å². The van der Waals surface area contributed by atoms with Crippen LogP contribution in [0.4, 0.5) is 5.69 Å². The lowest BCUT2D eigenvalue weighted by atomic mass is 10.2. The molecule has 0 atom stereocenters. The molecule has 0 aromatic heterocycles.